The van der Waals surface area contributed by atoms with Crippen LogP contribution in [0.15, 0.2) is 24.4 Å². The zero-order valence-electron chi connectivity index (χ0n) is 6.36. The van der Waals surface area contributed by atoms with Gasteiger partial charge in [-0.15, -0.1) is 0 Å². The molecule has 0 aliphatic heterocycles. The largest absolute Gasteiger partial charge is 0.399 e. The zero-order chi connectivity index (χ0) is 8.55. The normalized spacial score (nSPS) is 10.3. The molecular formula is C8H8N4. The van der Waals surface area contributed by atoms with Crippen molar-refractivity contribution in [3.63, 3.8) is 0 Å². The van der Waals surface area contributed by atoms with Crippen LogP contribution in [0, 0.1) is 0 Å². The van der Waals surface area contributed by atoms with Crippen LogP contribution in [0.1, 0.15) is 0 Å². The van der Waals surface area contributed by atoms with Gasteiger partial charge in [-0.1, -0.05) is 0 Å². The maximum absolute atomic E-state index is 5.66. The van der Waals surface area contributed by atoms with E-state index < -0.39 is 0 Å². The van der Waals surface area contributed by atoms with E-state index in [1.165, 1.54) is 6.20 Å². The second-order valence-corrected chi connectivity index (χ2v) is 2.58. The van der Waals surface area contributed by atoms with E-state index in [1.807, 2.05) is 6.07 Å². The van der Waals surface area contributed by atoms with E-state index in [0.717, 1.165) is 10.9 Å². The smallest absolute Gasteiger partial charge is 0.0970 e. The highest BCUT2D eigenvalue weighted by Crippen LogP contribution is 2.19. The molecule has 4 heteroatoms. The summed E-state index contributed by atoms with van der Waals surface area (Å²) in [5.74, 6) is 0. The minimum absolute atomic E-state index is 0.625. The van der Waals surface area contributed by atoms with E-state index in [1.54, 1.807) is 12.1 Å². The fourth-order valence-electron chi connectivity index (χ4n) is 1.10. The van der Waals surface area contributed by atoms with Crippen molar-refractivity contribution in [3.8, 4) is 0 Å². The molecule has 0 bridgehead atoms. The molecule has 4 N–H and O–H groups in total. The third-order valence-electron chi connectivity index (χ3n) is 1.70. The Morgan fingerprint density at radius 3 is 2.83 bits per heavy atom. The first-order chi connectivity index (χ1) is 5.77. The van der Waals surface area contributed by atoms with Crippen LogP contribution in [0.25, 0.3) is 10.9 Å². The maximum Gasteiger partial charge on any atom is 0.0970 e. The van der Waals surface area contributed by atoms with Gasteiger partial charge < -0.3 is 11.5 Å². The molecule has 2 rings (SSSR count). The Morgan fingerprint density at radius 2 is 2.00 bits per heavy atom. The Morgan fingerprint density at radius 1 is 1.17 bits per heavy atom. The van der Waals surface area contributed by atoms with Crippen LogP contribution in [0.5, 0.6) is 0 Å². The summed E-state index contributed by atoms with van der Waals surface area (Å²) in [7, 11) is 0. The molecule has 60 valence electrons. The second-order valence-electron chi connectivity index (χ2n) is 2.58. The molecule has 0 fully saturated rings. The lowest BCUT2D eigenvalue weighted by molar-refractivity contribution is 1.08. The summed E-state index contributed by atoms with van der Waals surface area (Å²) in [6.07, 6.45) is 1.53. The van der Waals surface area contributed by atoms with Crippen LogP contribution in [-0.4, -0.2) is 10.2 Å². The van der Waals surface area contributed by atoms with E-state index in [-0.39, 0.29) is 0 Å². The first-order valence-electron chi connectivity index (χ1n) is 3.54. The number of hydrogen-bond acceptors (Lipinski definition) is 4. The van der Waals surface area contributed by atoms with Gasteiger partial charge in [0, 0.05) is 11.1 Å². The molecule has 4 nitrogen and oxygen atoms in total. The van der Waals surface area contributed by atoms with Gasteiger partial charge in [0.1, 0.15) is 0 Å². The molecule has 0 aliphatic rings. The maximum atomic E-state index is 5.66. The first kappa shape index (κ1) is 6.84. The molecule has 12 heavy (non-hydrogen) atoms. The molecule has 0 spiro atoms. The summed E-state index contributed by atoms with van der Waals surface area (Å²) in [5, 5.41) is 8.50. The molecule has 1 aromatic heterocycles. The number of fused-ring (bicyclic) bond motifs is 1. The molecule has 0 saturated carbocycles. The topological polar surface area (TPSA) is 77.8 Å². The monoisotopic (exact) mass is 160 g/mol. The van der Waals surface area contributed by atoms with E-state index in [2.05, 4.69) is 10.2 Å². The molecule has 2 aromatic rings. The standard InChI is InChI=1S/C8H8N4/c9-5-1-2-6-7(10)4-11-12-8(6)3-5/h1-4H,9H2,(H2,10,12). The average molecular weight is 160 g/mol. The second kappa shape index (κ2) is 2.34. The summed E-state index contributed by atoms with van der Waals surface area (Å²) in [5.41, 5.74) is 13.3. The fraction of sp³-hybridized carbons (Fsp3) is 0. The number of nitrogen functional groups attached to an aromatic ring is 2. The highest BCUT2D eigenvalue weighted by Gasteiger charge is 1.98. The number of hydrogen-bond donors (Lipinski definition) is 2. The summed E-state index contributed by atoms with van der Waals surface area (Å²) < 4.78 is 0. The fourth-order valence-corrected chi connectivity index (χ4v) is 1.10. The van der Waals surface area contributed by atoms with Gasteiger partial charge in [0.2, 0.25) is 0 Å². The molecule has 0 aliphatic carbocycles. The minimum Gasteiger partial charge on any atom is -0.399 e. The van der Waals surface area contributed by atoms with Gasteiger partial charge in [0.25, 0.3) is 0 Å². The van der Waals surface area contributed by atoms with Crippen molar-refractivity contribution in [1.29, 1.82) is 0 Å². The van der Waals surface area contributed by atoms with E-state index in [9.17, 15) is 0 Å². The lowest BCUT2D eigenvalue weighted by Crippen LogP contribution is -1.93. The van der Waals surface area contributed by atoms with Gasteiger partial charge in [0.05, 0.1) is 17.4 Å². The number of benzene rings is 1. The number of nitrogens with zero attached hydrogens (tertiary/aromatic N) is 2. The Labute approximate surface area is 69.2 Å². The van der Waals surface area contributed by atoms with Crippen LogP contribution in [0.3, 0.4) is 0 Å². The zero-order valence-corrected chi connectivity index (χ0v) is 6.36. The molecule has 0 unspecified atom stereocenters. The van der Waals surface area contributed by atoms with Crippen LogP contribution >= 0.6 is 0 Å². The average Bonchev–Trinajstić information content (AvgIpc) is 2.04. The van der Waals surface area contributed by atoms with Crippen molar-refractivity contribution in [2.75, 3.05) is 11.5 Å². The molecule has 0 saturated heterocycles. The van der Waals surface area contributed by atoms with Crippen molar-refractivity contribution in [3.05, 3.63) is 24.4 Å². The van der Waals surface area contributed by atoms with Gasteiger partial charge in [-0.2, -0.15) is 10.2 Å². The number of anilines is 2. The SMILES string of the molecule is Nc1ccc2c(N)cnnc2c1. The summed E-state index contributed by atoms with van der Waals surface area (Å²) >= 11 is 0. The lowest BCUT2D eigenvalue weighted by atomic mass is 10.2. The van der Waals surface area contributed by atoms with Crippen LogP contribution in [0.4, 0.5) is 11.4 Å². The molecular weight excluding hydrogens is 152 g/mol. The summed E-state index contributed by atoms with van der Waals surface area (Å²) in [6, 6.07) is 5.38. The molecule has 0 atom stereocenters. The Kier molecular flexibility index (Phi) is 1.33. The predicted molar refractivity (Wildman–Crippen MR) is 48.4 cm³/mol. The van der Waals surface area contributed by atoms with Crippen molar-refractivity contribution in [2.24, 2.45) is 0 Å². The molecule has 1 aromatic carbocycles. The van der Waals surface area contributed by atoms with Gasteiger partial charge >= 0.3 is 0 Å². The molecule has 0 radical (unpaired) electrons. The quantitative estimate of drug-likeness (QED) is 0.558. The number of rotatable bonds is 0. The van der Waals surface area contributed by atoms with Crippen molar-refractivity contribution in [1.82, 2.24) is 10.2 Å². The Bertz CT molecular complexity index is 424. The van der Waals surface area contributed by atoms with Crippen molar-refractivity contribution >= 4 is 22.3 Å². The van der Waals surface area contributed by atoms with Gasteiger partial charge in [-0.05, 0) is 18.2 Å². The van der Waals surface area contributed by atoms with Gasteiger partial charge in [0.15, 0.2) is 0 Å². The highest BCUT2D eigenvalue weighted by atomic mass is 15.1. The third-order valence-corrected chi connectivity index (χ3v) is 1.70. The van der Waals surface area contributed by atoms with Gasteiger partial charge in [-0.3, -0.25) is 0 Å². The minimum atomic E-state index is 0.625. The summed E-state index contributed by atoms with van der Waals surface area (Å²) in [4.78, 5) is 0. The molecule has 1 heterocycles. The first-order valence-corrected chi connectivity index (χ1v) is 3.54. The van der Waals surface area contributed by atoms with Crippen molar-refractivity contribution in [2.45, 2.75) is 0 Å². The van der Waals surface area contributed by atoms with Crippen LogP contribution < -0.4 is 11.5 Å². The number of nitrogens with two attached hydrogens (primary N) is 2. The van der Waals surface area contributed by atoms with E-state index in [4.69, 9.17) is 11.5 Å². The predicted octanol–water partition coefficient (Wildman–Crippen LogP) is 0.794. The van der Waals surface area contributed by atoms with Crippen LogP contribution in [0.2, 0.25) is 0 Å². The third kappa shape index (κ3) is 0.934. The Balaban J connectivity index is 2.86. The summed E-state index contributed by atoms with van der Waals surface area (Å²) in [6.45, 7) is 0. The lowest BCUT2D eigenvalue weighted by Gasteiger charge is -1.99. The van der Waals surface area contributed by atoms with E-state index in [0.29, 0.717) is 11.4 Å². The molecule has 0 amide bonds. The van der Waals surface area contributed by atoms with Crippen LogP contribution in [-0.2, 0) is 0 Å². The number of aromatic nitrogens is 2. The van der Waals surface area contributed by atoms with Crippen molar-refractivity contribution < 1.29 is 0 Å². The van der Waals surface area contributed by atoms with Gasteiger partial charge in [-0.25, -0.2) is 0 Å². The van der Waals surface area contributed by atoms with E-state index >= 15 is 0 Å². The highest BCUT2D eigenvalue weighted by molar-refractivity contribution is 5.90. The Hall–Kier alpha value is -1.84.